The number of hydrogen-bond donors (Lipinski definition) is 2. The van der Waals surface area contributed by atoms with Crippen molar-refractivity contribution >= 4 is 34.5 Å². The van der Waals surface area contributed by atoms with Gasteiger partial charge >= 0.3 is 0 Å². The maximum absolute atomic E-state index is 12.3. The summed E-state index contributed by atoms with van der Waals surface area (Å²) in [6, 6.07) is 10.8. The summed E-state index contributed by atoms with van der Waals surface area (Å²) in [7, 11) is 0. The summed E-state index contributed by atoms with van der Waals surface area (Å²) >= 11 is 1.14. The molecule has 0 spiro atoms. The Bertz CT molecular complexity index is 971. The highest BCUT2D eigenvalue weighted by molar-refractivity contribution is 7.15. The van der Waals surface area contributed by atoms with Gasteiger partial charge in [0.25, 0.3) is 5.91 Å². The van der Waals surface area contributed by atoms with E-state index >= 15 is 0 Å². The van der Waals surface area contributed by atoms with Gasteiger partial charge in [-0.15, -0.1) is 10.2 Å². The molecule has 3 aromatic rings. The summed E-state index contributed by atoms with van der Waals surface area (Å²) in [5, 5.41) is 15.2. The monoisotopic (exact) mass is 380 g/mol. The largest absolute Gasteiger partial charge is 0.296 e. The molecule has 136 valence electrons. The number of aromatic nitrogens is 3. The number of carbonyl (C=O) groups is 2. The smallest absolute Gasteiger partial charge is 0.257 e. The first kappa shape index (κ1) is 18.3. The predicted molar refractivity (Wildman–Crippen MR) is 103 cm³/mol. The van der Waals surface area contributed by atoms with Gasteiger partial charge in [-0.05, 0) is 36.2 Å². The van der Waals surface area contributed by atoms with E-state index in [1.165, 1.54) is 6.21 Å². The Hall–Kier alpha value is -3.46. The molecule has 0 aliphatic heterocycles. The number of carbonyl (C=O) groups excluding carboxylic acids is 2. The molecule has 2 N–H and O–H groups in total. The molecule has 0 atom stereocenters. The van der Waals surface area contributed by atoms with Crippen LogP contribution in [-0.4, -0.2) is 33.2 Å². The second kappa shape index (κ2) is 8.77. The zero-order valence-corrected chi connectivity index (χ0v) is 15.2. The van der Waals surface area contributed by atoms with Gasteiger partial charge < -0.3 is 0 Å². The number of nitrogens with one attached hydrogen (secondary N) is 2. The fourth-order valence-corrected chi connectivity index (χ4v) is 2.91. The van der Waals surface area contributed by atoms with E-state index < -0.39 is 0 Å². The van der Waals surface area contributed by atoms with E-state index in [2.05, 4.69) is 31.0 Å². The van der Waals surface area contributed by atoms with Crippen LogP contribution in [0, 0.1) is 6.92 Å². The van der Waals surface area contributed by atoms with Crippen LogP contribution in [0.1, 0.15) is 26.5 Å². The number of nitrogens with zero attached hydrogens (tertiary/aromatic N) is 4. The van der Waals surface area contributed by atoms with Crippen LogP contribution in [0.5, 0.6) is 0 Å². The lowest BCUT2D eigenvalue weighted by Gasteiger charge is -2.03. The topological polar surface area (TPSA) is 109 Å². The van der Waals surface area contributed by atoms with E-state index in [0.29, 0.717) is 15.7 Å². The molecule has 9 heteroatoms. The van der Waals surface area contributed by atoms with Gasteiger partial charge in [-0.3, -0.25) is 19.9 Å². The number of hydrazone groups is 1. The fourth-order valence-electron chi connectivity index (χ4n) is 2.17. The Morgan fingerprint density at radius 1 is 1.15 bits per heavy atom. The highest BCUT2D eigenvalue weighted by Crippen LogP contribution is 2.17. The average Bonchev–Trinajstić information content (AvgIpc) is 3.09. The second-order valence-electron chi connectivity index (χ2n) is 5.52. The molecule has 1 aromatic carbocycles. The van der Waals surface area contributed by atoms with Gasteiger partial charge in [-0.25, -0.2) is 5.43 Å². The molecule has 0 unspecified atom stereocenters. The maximum atomic E-state index is 12.3. The summed E-state index contributed by atoms with van der Waals surface area (Å²) < 4.78 is 0. The SMILES string of the molecule is Cc1ccccc1C(=O)Nc1nnc(CC(=O)NN=Cc2ccncc2)s1. The van der Waals surface area contributed by atoms with Crippen molar-refractivity contribution in [3.05, 3.63) is 70.5 Å². The molecule has 0 bridgehead atoms. The summed E-state index contributed by atoms with van der Waals surface area (Å²) in [6.07, 6.45) is 4.81. The van der Waals surface area contributed by atoms with Crippen LogP contribution in [0.2, 0.25) is 0 Å². The zero-order valence-electron chi connectivity index (χ0n) is 14.4. The minimum atomic E-state index is -0.326. The first-order chi connectivity index (χ1) is 13.1. The molecule has 2 aromatic heterocycles. The van der Waals surface area contributed by atoms with Crippen molar-refractivity contribution in [2.45, 2.75) is 13.3 Å². The summed E-state index contributed by atoms with van der Waals surface area (Å²) in [5.41, 5.74) is 4.68. The maximum Gasteiger partial charge on any atom is 0.257 e. The molecule has 0 radical (unpaired) electrons. The number of pyridine rings is 1. The molecule has 8 nitrogen and oxygen atoms in total. The second-order valence-corrected chi connectivity index (χ2v) is 6.58. The van der Waals surface area contributed by atoms with Gasteiger partial charge in [0.2, 0.25) is 11.0 Å². The van der Waals surface area contributed by atoms with Gasteiger partial charge in [-0.1, -0.05) is 29.5 Å². The molecule has 27 heavy (non-hydrogen) atoms. The number of benzene rings is 1. The Balaban J connectivity index is 1.53. The first-order valence-corrected chi connectivity index (χ1v) is 8.85. The molecule has 2 amide bonds. The van der Waals surface area contributed by atoms with Crippen molar-refractivity contribution in [1.82, 2.24) is 20.6 Å². The number of amides is 2. The van der Waals surface area contributed by atoms with Crippen LogP contribution in [0.4, 0.5) is 5.13 Å². The fraction of sp³-hybridized carbons (Fsp3) is 0.111. The Morgan fingerprint density at radius 2 is 1.93 bits per heavy atom. The minimum absolute atomic E-state index is 0.0194. The summed E-state index contributed by atoms with van der Waals surface area (Å²) in [4.78, 5) is 28.1. The van der Waals surface area contributed by atoms with E-state index in [1.54, 1.807) is 36.7 Å². The van der Waals surface area contributed by atoms with Gasteiger partial charge in [0.15, 0.2) is 0 Å². The van der Waals surface area contributed by atoms with E-state index in [0.717, 1.165) is 22.5 Å². The average molecular weight is 380 g/mol. The summed E-state index contributed by atoms with van der Waals surface area (Å²) in [5.74, 6) is -0.588. The van der Waals surface area contributed by atoms with Crippen molar-refractivity contribution in [2.75, 3.05) is 5.32 Å². The Kier molecular flexibility index (Phi) is 5.95. The number of rotatable bonds is 6. The van der Waals surface area contributed by atoms with Crippen LogP contribution in [-0.2, 0) is 11.2 Å². The molecule has 0 aliphatic carbocycles. The normalized spacial score (nSPS) is 10.7. The van der Waals surface area contributed by atoms with Crippen LogP contribution in [0.3, 0.4) is 0 Å². The number of hydrogen-bond acceptors (Lipinski definition) is 7. The van der Waals surface area contributed by atoms with Gasteiger partial charge in [0.05, 0.1) is 12.6 Å². The highest BCUT2D eigenvalue weighted by Gasteiger charge is 2.13. The Morgan fingerprint density at radius 3 is 2.70 bits per heavy atom. The predicted octanol–water partition coefficient (Wildman–Crippen LogP) is 2.19. The molecule has 3 rings (SSSR count). The van der Waals surface area contributed by atoms with E-state index in [-0.39, 0.29) is 18.2 Å². The quantitative estimate of drug-likeness (QED) is 0.503. The van der Waals surface area contributed by atoms with E-state index in [1.807, 2.05) is 19.1 Å². The van der Waals surface area contributed by atoms with Crippen molar-refractivity contribution in [1.29, 1.82) is 0 Å². The molecular weight excluding hydrogens is 364 g/mol. The highest BCUT2D eigenvalue weighted by atomic mass is 32.1. The lowest BCUT2D eigenvalue weighted by molar-refractivity contribution is -0.120. The van der Waals surface area contributed by atoms with E-state index in [9.17, 15) is 9.59 Å². The van der Waals surface area contributed by atoms with E-state index in [4.69, 9.17) is 0 Å². The summed E-state index contributed by atoms with van der Waals surface area (Å²) in [6.45, 7) is 1.86. The third-order valence-corrected chi connectivity index (χ3v) is 4.34. The van der Waals surface area contributed by atoms with Crippen LogP contribution < -0.4 is 10.7 Å². The minimum Gasteiger partial charge on any atom is -0.296 e. The molecule has 2 heterocycles. The van der Waals surface area contributed by atoms with Crippen molar-refractivity contribution in [3.63, 3.8) is 0 Å². The lowest BCUT2D eigenvalue weighted by atomic mass is 10.1. The number of aryl methyl sites for hydroxylation is 1. The van der Waals surface area contributed by atoms with Crippen LogP contribution in [0.25, 0.3) is 0 Å². The third kappa shape index (κ3) is 5.25. The molecule has 0 saturated heterocycles. The third-order valence-electron chi connectivity index (χ3n) is 3.50. The van der Waals surface area contributed by atoms with Gasteiger partial charge in [0, 0.05) is 18.0 Å². The Labute approximate surface area is 159 Å². The van der Waals surface area contributed by atoms with Gasteiger partial charge in [-0.2, -0.15) is 5.10 Å². The molecule has 0 fully saturated rings. The van der Waals surface area contributed by atoms with Gasteiger partial charge in [0.1, 0.15) is 5.01 Å². The molecule has 0 saturated carbocycles. The molecular formula is C18H16N6O2S. The number of anilines is 1. The lowest BCUT2D eigenvalue weighted by Crippen LogP contribution is -2.19. The van der Waals surface area contributed by atoms with Crippen LogP contribution >= 0.6 is 11.3 Å². The van der Waals surface area contributed by atoms with Crippen molar-refractivity contribution in [2.24, 2.45) is 5.10 Å². The first-order valence-electron chi connectivity index (χ1n) is 8.03. The van der Waals surface area contributed by atoms with Crippen molar-refractivity contribution in [3.8, 4) is 0 Å². The van der Waals surface area contributed by atoms with Crippen LogP contribution in [0.15, 0.2) is 53.9 Å². The van der Waals surface area contributed by atoms with Crippen molar-refractivity contribution < 1.29 is 9.59 Å². The standard InChI is InChI=1S/C18H16N6O2S/c1-12-4-2-3-5-14(12)17(26)21-18-24-23-16(27-18)10-15(25)22-20-11-13-6-8-19-9-7-13/h2-9,11H,10H2,1H3,(H,22,25)(H,21,24,26). The molecule has 0 aliphatic rings. The zero-order chi connectivity index (χ0) is 19.1.